The van der Waals surface area contributed by atoms with Gasteiger partial charge in [0.1, 0.15) is 5.75 Å². The summed E-state index contributed by atoms with van der Waals surface area (Å²) in [6, 6.07) is -0.0181. The lowest BCUT2D eigenvalue weighted by Crippen LogP contribution is -2.53. The predicted molar refractivity (Wildman–Crippen MR) is 76.4 cm³/mol. The maximum atomic E-state index is 12.2. The fraction of sp³-hybridized carbons (Fsp3) is 0.923. The molecular formula is C13H26N2O3S. The Labute approximate surface area is 116 Å². The van der Waals surface area contributed by atoms with Crippen LogP contribution in [0.1, 0.15) is 33.6 Å². The minimum Gasteiger partial charge on any atom is -0.337 e. The van der Waals surface area contributed by atoms with Gasteiger partial charge in [-0.2, -0.15) is 0 Å². The van der Waals surface area contributed by atoms with Gasteiger partial charge in [-0.25, -0.2) is 8.42 Å². The molecule has 19 heavy (non-hydrogen) atoms. The fourth-order valence-electron chi connectivity index (χ4n) is 2.76. The summed E-state index contributed by atoms with van der Waals surface area (Å²) in [7, 11) is -3.31. The molecule has 0 aromatic carbocycles. The summed E-state index contributed by atoms with van der Waals surface area (Å²) >= 11 is 0. The van der Waals surface area contributed by atoms with Gasteiger partial charge >= 0.3 is 0 Å². The molecule has 1 fully saturated rings. The number of carbonyl (C=O) groups excluding carboxylic acids is 1. The molecule has 1 amide bonds. The van der Waals surface area contributed by atoms with Crippen LogP contribution in [0.15, 0.2) is 0 Å². The van der Waals surface area contributed by atoms with Crippen LogP contribution in [0.5, 0.6) is 0 Å². The van der Waals surface area contributed by atoms with E-state index in [9.17, 15) is 13.2 Å². The molecule has 0 aromatic rings. The van der Waals surface area contributed by atoms with Crippen LogP contribution >= 0.6 is 0 Å². The van der Waals surface area contributed by atoms with Gasteiger partial charge in [0.05, 0.1) is 5.75 Å². The van der Waals surface area contributed by atoms with E-state index < -0.39 is 9.84 Å². The second-order valence-electron chi connectivity index (χ2n) is 5.96. The Kier molecular flexibility index (Phi) is 5.80. The minimum absolute atomic E-state index is 0.0181. The number of nitrogens with zero attached hydrogens (tertiary/aromatic N) is 1. The number of hydrogen-bond acceptors (Lipinski definition) is 4. The lowest BCUT2D eigenvalue weighted by atomic mass is 9.91. The number of sulfone groups is 1. The number of rotatable bonds is 5. The second kappa shape index (κ2) is 6.70. The van der Waals surface area contributed by atoms with Crippen molar-refractivity contribution in [1.82, 2.24) is 4.90 Å². The SMILES string of the molecule is CC(C)CS(=O)(=O)CC(=O)N1CCC[C@H](C)[C@@H]1CN. The van der Waals surface area contributed by atoms with E-state index in [1.807, 2.05) is 13.8 Å². The molecular weight excluding hydrogens is 264 g/mol. The van der Waals surface area contributed by atoms with E-state index in [2.05, 4.69) is 6.92 Å². The number of hydrogen-bond donors (Lipinski definition) is 1. The van der Waals surface area contributed by atoms with Crippen molar-refractivity contribution < 1.29 is 13.2 Å². The average molecular weight is 290 g/mol. The first-order valence-corrected chi connectivity index (χ1v) is 8.79. The number of amides is 1. The van der Waals surface area contributed by atoms with Crippen molar-refractivity contribution in [3.05, 3.63) is 0 Å². The molecule has 0 saturated carbocycles. The topological polar surface area (TPSA) is 80.5 Å². The van der Waals surface area contributed by atoms with Crippen LogP contribution in [-0.4, -0.2) is 49.9 Å². The largest absolute Gasteiger partial charge is 0.337 e. The number of piperidine rings is 1. The average Bonchev–Trinajstić information content (AvgIpc) is 2.25. The molecule has 0 unspecified atom stereocenters. The summed E-state index contributed by atoms with van der Waals surface area (Å²) in [5, 5.41) is 0. The first-order chi connectivity index (χ1) is 8.76. The van der Waals surface area contributed by atoms with Crippen LogP contribution in [0.3, 0.4) is 0 Å². The molecule has 5 nitrogen and oxygen atoms in total. The number of likely N-dealkylation sites (tertiary alicyclic amines) is 1. The fourth-order valence-corrected chi connectivity index (χ4v) is 4.43. The highest BCUT2D eigenvalue weighted by Gasteiger charge is 2.32. The highest BCUT2D eigenvalue weighted by Crippen LogP contribution is 2.23. The van der Waals surface area contributed by atoms with Gasteiger partial charge in [0.2, 0.25) is 5.91 Å². The molecule has 0 radical (unpaired) electrons. The molecule has 0 aliphatic carbocycles. The first-order valence-electron chi connectivity index (χ1n) is 6.96. The van der Waals surface area contributed by atoms with Crippen LogP contribution in [0, 0.1) is 11.8 Å². The van der Waals surface area contributed by atoms with E-state index >= 15 is 0 Å². The molecule has 0 spiro atoms. The van der Waals surface area contributed by atoms with Gasteiger partial charge in [0, 0.05) is 19.1 Å². The van der Waals surface area contributed by atoms with Crippen molar-refractivity contribution in [1.29, 1.82) is 0 Å². The molecule has 6 heteroatoms. The zero-order chi connectivity index (χ0) is 14.6. The van der Waals surface area contributed by atoms with Crippen LogP contribution in [-0.2, 0) is 14.6 Å². The minimum atomic E-state index is -3.31. The van der Waals surface area contributed by atoms with E-state index in [-0.39, 0.29) is 29.4 Å². The summed E-state index contributed by atoms with van der Waals surface area (Å²) < 4.78 is 23.8. The molecule has 112 valence electrons. The molecule has 2 atom stereocenters. The molecule has 1 rings (SSSR count). The zero-order valence-electron chi connectivity index (χ0n) is 12.1. The Bertz CT molecular complexity index is 406. The van der Waals surface area contributed by atoms with E-state index in [0.717, 1.165) is 12.8 Å². The normalized spacial score (nSPS) is 24.8. The van der Waals surface area contributed by atoms with Gasteiger partial charge in [-0.15, -0.1) is 0 Å². The van der Waals surface area contributed by atoms with E-state index in [0.29, 0.717) is 19.0 Å². The van der Waals surface area contributed by atoms with Crippen molar-refractivity contribution in [2.75, 3.05) is 24.6 Å². The van der Waals surface area contributed by atoms with Gasteiger partial charge < -0.3 is 10.6 Å². The predicted octanol–water partition coefficient (Wildman–Crippen LogP) is 0.643. The van der Waals surface area contributed by atoms with Crippen molar-refractivity contribution in [2.45, 2.75) is 39.7 Å². The number of nitrogens with two attached hydrogens (primary N) is 1. The maximum absolute atomic E-state index is 12.2. The quantitative estimate of drug-likeness (QED) is 0.806. The lowest BCUT2D eigenvalue weighted by molar-refractivity contribution is -0.133. The Balaban J connectivity index is 2.71. The second-order valence-corrected chi connectivity index (χ2v) is 8.07. The molecule has 0 aromatic heterocycles. The Morgan fingerprint density at radius 2 is 2.05 bits per heavy atom. The summed E-state index contributed by atoms with van der Waals surface area (Å²) in [5.41, 5.74) is 5.72. The van der Waals surface area contributed by atoms with E-state index in [4.69, 9.17) is 5.73 Å². The van der Waals surface area contributed by atoms with Crippen LogP contribution in [0.2, 0.25) is 0 Å². The number of carbonyl (C=O) groups is 1. The van der Waals surface area contributed by atoms with Crippen molar-refractivity contribution in [3.8, 4) is 0 Å². The van der Waals surface area contributed by atoms with Gasteiger partial charge in [-0.1, -0.05) is 20.8 Å². The summed E-state index contributed by atoms with van der Waals surface area (Å²) in [4.78, 5) is 13.9. The molecule has 1 aliphatic heterocycles. The van der Waals surface area contributed by atoms with Crippen molar-refractivity contribution in [3.63, 3.8) is 0 Å². The van der Waals surface area contributed by atoms with E-state index in [1.165, 1.54) is 0 Å². The summed E-state index contributed by atoms with van der Waals surface area (Å²) in [5.74, 6) is -0.217. The van der Waals surface area contributed by atoms with Gasteiger partial charge in [-0.05, 0) is 24.7 Å². The molecule has 0 bridgehead atoms. The smallest absolute Gasteiger partial charge is 0.238 e. The molecule has 1 saturated heterocycles. The highest BCUT2D eigenvalue weighted by molar-refractivity contribution is 7.92. The first kappa shape index (κ1) is 16.4. The Morgan fingerprint density at radius 1 is 1.42 bits per heavy atom. The van der Waals surface area contributed by atoms with E-state index in [1.54, 1.807) is 4.90 Å². The third-order valence-electron chi connectivity index (χ3n) is 3.61. The molecule has 1 aliphatic rings. The Hall–Kier alpha value is -0.620. The van der Waals surface area contributed by atoms with Gasteiger partial charge in [0.25, 0.3) is 0 Å². The van der Waals surface area contributed by atoms with Crippen LogP contribution in [0.25, 0.3) is 0 Å². The van der Waals surface area contributed by atoms with Crippen LogP contribution < -0.4 is 5.73 Å². The molecule has 2 N–H and O–H groups in total. The third kappa shape index (κ3) is 4.76. The van der Waals surface area contributed by atoms with Crippen molar-refractivity contribution in [2.24, 2.45) is 17.6 Å². The van der Waals surface area contributed by atoms with Gasteiger partial charge in [0.15, 0.2) is 9.84 Å². The highest BCUT2D eigenvalue weighted by atomic mass is 32.2. The lowest BCUT2D eigenvalue weighted by Gasteiger charge is -2.39. The molecule has 1 heterocycles. The van der Waals surface area contributed by atoms with Crippen molar-refractivity contribution >= 4 is 15.7 Å². The monoisotopic (exact) mass is 290 g/mol. The standard InChI is InChI=1S/C13H26N2O3S/c1-10(2)8-19(17,18)9-13(16)15-6-4-5-11(3)12(15)7-14/h10-12H,4-9,14H2,1-3H3/t11-,12-/m0/s1. The van der Waals surface area contributed by atoms with Gasteiger partial charge in [-0.3, -0.25) is 4.79 Å². The van der Waals surface area contributed by atoms with Crippen LogP contribution in [0.4, 0.5) is 0 Å². The maximum Gasteiger partial charge on any atom is 0.238 e. The zero-order valence-corrected chi connectivity index (χ0v) is 12.9. The third-order valence-corrected chi connectivity index (χ3v) is 5.47. The summed E-state index contributed by atoms with van der Waals surface area (Å²) in [6.45, 7) is 6.78. The Morgan fingerprint density at radius 3 is 2.58 bits per heavy atom. The summed E-state index contributed by atoms with van der Waals surface area (Å²) in [6.07, 6.45) is 1.97.